The number of cyclic esters (lactones) is 2. The second kappa shape index (κ2) is 3.65. The van der Waals surface area contributed by atoms with Gasteiger partial charge in [0, 0.05) is 0 Å². The van der Waals surface area contributed by atoms with Crippen molar-refractivity contribution in [2.75, 3.05) is 6.67 Å². The zero-order valence-corrected chi connectivity index (χ0v) is 7.70. The number of hydrogen-bond donors (Lipinski definition) is 0. The molecule has 4 heteroatoms. The maximum atomic E-state index is 12.5. The maximum Gasteiger partial charge on any atom is 0.347 e. The summed E-state index contributed by atoms with van der Waals surface area (Å²) in [5, 5.41) is 0. The van der Waals surface area contributed by atoms with Crippen LogP contribution in [0.1, 0.15) is 5.56 Å². The van der Waals surface area contributed by atoms with E-state index in [1.54, 1.807) is 30.3 Å². The van der Waals surface area contributed by atoms with Crippen LogP contribution in [0.3, 0.4) is 0 Å². The van der Waals surface area contributed by atoms with Gasteiger partial charge in [0.25, 0.3) is 0 Å². The van der Waals surface area contributed by atoms with Crippen molar-refractivity contribution in [2.24, 2.45) is 0 Å². The van der Waals surface area contributed by atoms with Gasteiger partial charge in [0.1, 0.15) is 6.67 Å². The van der Waals surface area contributed by atoms with E-state index >= 15 is 0 Å². The van der Waals surface area contributed by atoms with Crippen molar-refractivity contribution in [3.8, 4) is 0 Å². The van der Waals surface area contributed by atoms with Crippen LogP contribution in [0.2, 0.25) is 0 Å². The fraction of sp³-hybridized carbons (Fsp3) is 0.0909. The normalized spacial score (nSPS) is 15.8. The lowest BCUT2D eigenvalue weighted by Crippen LogP contribution is -2.02. The van der Waals surface area contributed by atoms with Gasteiger partial charge < -0.3 is 4.74 Å². The molecule has 0 unspecified atom stereocenters. The molecule has 1 aliphatic rings. The van der Waals surface area contributed by atoms with E-state index in [4.69, 9.17) is 0 Å². The molecule has 0 saturated carbocycles. The molecule has 1 heterocycles. The summed E-state index contributed by atoms with van der Waals surface area (Å²) in [6.45, 7) is -0.991. The number of ether oxygens (including phenoxy) is 1. The van der Waals surface area contributed by atoms with Crippen LogP contribution in [0.4, 0.5) is 4.39 Å². The Bertz CT molecular complexity index is 448. The van der Waals surface area contributed by atoms with Crippen molar-refractivity contribution in [3.63, 3.8) is 0 Å². The molecule has 0 fully saturated rings. The highest BCUT2D eigenvalue weighted by atomic mass is 19.1. The maximum absolute atomic E-state index is 12.5. The monoisotopic (exact) mass is 206 g/mol. The van der Waals surface area contributed by atoms with Crippen LogP contribution in [0.15, 0.2) is 35.9 Å². The summed E-state index contributed by atoms with van der Waals surface area (Å²) < 4.78 is 16.9. The van der Waals surface area contributed by atoms with Crippen molar-refractivity contribution in [1.29, 1.82) is 0 Å². The topological polar surface area (TPSA) is 43.4 Å². The van der Waals surface area contributed by atoms with E-state index < -0.39 is 18.6 Å². The van der Waals surface area contributed by atoms with Crippen LogP contribution in [0, 0.1) is 0 Å². The minimum Gasteiger partial charge on any atom is -0.386 e. The van der Waals surface area contributed by atoms with Gasteiger partial charge >= 0.3 is 11.9 Å². The Labute approximate surface area is 85.2 Å². The molecule has 0 atom stereocenters. The SMILES string of the molecule is O=C1OC(=O)C(c2ccccc2)=C1CF. The van der Waals surface area contributed by atoms with Gasteiger partial charge in [-0.05, 0) is 5.56 Å². The van der Waals surface area contributed by atoms with E-state index in [0.717, 1.165) is 0 Å². The first-order valence-electron chi connectivity index (χ1n) is 4.35. The van der Waals surface area contributed by atoms with Crippen LogP contribution in [-0.2, 0) is 14.3 Å². The number of esters is 2. The van der Waals surface area contributed by atoms with Crippen LogP contribution < -0.4 is 0 Å². The predicted molar refractivity (Wildman–Crippen MR) is 50.4 cm³/mol. The van der Waals surface area contributed by atoms with E-state index in [1.807, 2.05) is 0 Å². The van der Waals surface area contributed by atoms with Gasteiger partial charge in [-0.3, -0.25) is 0 Å². The molecule has 76 valence electrons. The average Bonchev–Trinajstić information content (AvgIpc) is 2.54. The molecule has 1 aliphatic heterocycles. The zero-order chi connectivity index (χ0) is 10.8. The molecule has 0 amide bonds. The third kappa shape index (κ3) is 1.54. The van der Waals surface area contributed by atoms with Gasteiger partial charge in [-0.15, -0.1) is 0 Å². The molecule has 1 aromatic rings. The van der Waals surface area contributed by atoms with Gasteiger partial charge in [0.15, 0.2) is 0 Å². The molecule has 1 aromatic carbocycles. The Hall–Kier alpha value is -1.97. The number of alkyl halides is 1. The van der Waals surface area contributed by atoms with E-state index in [-0.39, 0.29) is 11.1 Å². The fourth-order valence-electron chi connectivity index (χ4n) is 1.44. The molecular formula is C11H7FO3. The quantitative estimate of drug-likeness (QED) is 0.544. The highest BCUT2D eigenvalue weighted by Gasteiger charge is 2.33. The number of benzene rings is 1. The van der Waals surface area contributed by atoms with Crippen molar-refractivity contribution < 1.29 is 18.7 Å². The highest BCUT2D eigenvalue weighted by Crippen LogP contribution is 2.27. The average molecular weight is 206 g/mol. The van der Waals surface area contributed by atoms with Gasteiger partial charge in [0.2, 0.25) is 0 Å². The van der Waals surface area contributed by atoms with Crippen LogP contribution in [-0.4, -0.2) is 18.6 Å². The second-order valence-electron chi connectivity index (χ2n) is 3.03. The number of hydrogen-bond acceptors (Lipinski definition) is 3. The van der Waals surface area contributed by atoms with Crippen molar-refractivity contribution >= 4 is 17.5 Å². The molecule has 3 nitrogen and oxygen atoms in total. The molecule has 0 aromatic heterocycles. The molecule has 0 N–H and O–H groups in total. The summed E-state index contributed by atoms with van der Waals surface area (Å²) in [5.74, 6) is -1.67. The van der Waals surface area contributed by atoms with Crippen molar-refractivity contribution in [1.82, 2.24) is 0 Å². The molecule has 0 saturated heterocycles. The summed E-state index contributed by atoms with van der Waals surface area (Å²) >= 11 is 0. The largest absolute Gasteiger partial charge is 0.386 e. The predicted octanol–water partition coefficient (Wildman–Crippen LogP) is 1.49. The number of rotatable bonds is 2. The van der Waals surface area contributed by atoms with Gasteiger partial charge in [-0.25, -0.2) is 14.0 Å². The summed E-state index contributed by atoms with van der Waals surface area (Å²) in [7, 11) is 0. The van der Waals surface area contributed by atoms with Crippen LogP contribution in [0.5, 0.6) is 0 Å². The van der Waals surface area contributed by atoms with Crippen molar-refractivity contribution in [3.05, 3.63) is 41.5 Å². The Morgan fingerprint density at radius 2 is 1.73 bits per heavy atom. The van der Waals surface area contributed by atoms with Crippen molar-refractivity contribution in [2.45, 2.75) is 0 Å². The number of carbonyl (C=O) groups is 2. The molecule has 15 heavy (non-hydrogen) atoms. The molecule has 0 bridgehead atoms. The Morgan fingerprint density at radius 3 is 2.33 bits per heavy atom. The second-order valence-corrected chi connectivity index (χ2v) is 3.03. The summed E-state index contributed by atoms with van der Waals surface area (Å²) in [6, 6.07) is 8.43. The number of halogens is 1. The third-order valence-corrected chi connectivity index (χ3v) is 2.13. The molecule has 2 rings (SSSR count). The lowest BCUT2D eigenvalue weighted by Gasteiger charge is -1.98. The first kappa shape index (κ1) is 9.58. The smallest absolute Gasteiger partial charge is 0.347 e. The fourth-order valence-corrected chi connectivity index (χ4v) is 1.44. The van der Waals surface area contributed by atoms with Crippen LogP contribution in [0.25, 0.3) is 5.57 Å². The Morgan fingerprint density at radius 1 is 1.07 bits per heavy atom. The highest BCUT2D eigenvalue weighted by molar-refractivity contribution is 6.30. The Balaban J connectivity index is 2.55. The summed E-state index contributed by atoms with van der Waals surface area (Å²) in [6.07, 6.45) is 0. The van der Waals surface area contributed by atoms with E-state index in [2.05, 4.69) is 4.74 Å². The lowest BCUT2D eigenvalue weighted by molar-refractivity contribution is -0.150. The first-order valence-corrected chi connectivity index (χ1v) is 4.35. The van der Waals surface area contributed by atoms with E-state index in [0.29, 0.717) is 5.56 Å². The van der Waals surface area contributed by atoms with Gasteiger partial charge in [0.05, 0.1) is 11.1 Å². The van der Waals surface area contributed by atoms with Gasteiger partial charge in [-0.2, -0.15) is 0 Å². The summed E-state index contributed by atoms with van der Waals surface area (Å²) in [4.78, 5) is 22.3. The first-order chi connectivity index (χ1) is 7.24. The molecule has 0 aliphatic carbocycles. The standard InChI is InChI=1S/C11H7FO3/c12-6-8-9(11(14)15-10(8)13)7-4-2-1-3-5-7/h1-5H,6H2. The molecule has 0 radical (unpaired) electrons. The third-order valence-electron chi connectivity index (χ3n) is 2.13. The molecular weight excluding hydrogens is 199 g/mol. The van der Waals surface area contributed by atoms with E-state index in [1.165, 1.54) is 0 Å². The minimum absolute atomic E-state index is 0.0306. The van der Waals surface area contributed by atoms with E-state index in [9.17, 15) is 14.0 Å². The Kier molecular flexibility index (Phi) is 2.33. The molecule has 0 spiro atoms. The number of carbonyl (C=O) groups excluding carboxylic acids is 2. The summed E-state index contributed by atoms with van der Waals surface area (Å²) in [5.41, 5.74) is 0.329. The van der Waals surface area contributed by atoms with Crippen LogP contribution >= 0.6 is 0 Å². The minimum atomic E-state index is -0.991. The lowest BCUT2D eigenvalue weighted by atomic mass is 10.0. The van der Waals surface area contributed by atoms with Gasteiger partial charge in [-0.1, -0.05) is 30.3 Å². The zero-order valence-electron chi connectivity index (χ0n) is 7.70.